The van der Waals surface area contributed by atoms with E-state index >= 15 is 0 Å². The van der Waals surface area contributed by atoms with Gasteiger partial charge in [0.1, 0.15) is 6.10 Å². The molecule has 0 amide bonds. The molecule has 0 aliphatic heterocycles. The average Bonchev–Trinajstić information content (AvgIpc) is 3.18. The van der Waals surface area contributed by atoms with Crippen LogP contribution in [0.15, 0.2) is 61.1 Å². The van der Waals surface area contributed by atoms with Gasteiger partial charge in [0, 0.05) is 74.5 Å². The monoisotopic (exact) mass is 753 g/mol. The summed E-state index contributed by atoms with van der Waals surface area (Å²) in [7, 11) is 10.1. The lowest BCUT2D eigenvalue weighted by atomic mass is 10.1. The van der Waals surface area contributed by atoms with Crippen molar-refractivity contribution in [1.82, 2.24) is 9.97 Å². The molecule has 2 heterocycles. The van der Waals surface area contributed by atoms with Gasteiger partial charge in [-0.15, -0.1) is 6.42 Å². The number of unbranched alkanes of at least 4 members (excludes halogenated alkanes) is 4. The number of ether oxygens (including phenoxy) is 10. The van der Waals surface area contributed by atoms with Gasteiger partial charge in [-0.1, -0.05) is 49.5 Å². The summed E-state index contributed by atoms with van der Waals surface area (Å²) in [5.74, 6) is 2.45. The molecule has 2 rings (SSSR count). The van der Waals surface area contributed by atoms with E-state index < -0.39 is 0 Å². The largest absolute Gasteiger partial charge is 0.385 e. The van der Waals surface area contributed by atoms with Gasteiger partial charge in [-0.2, -0.15) is 0 Å². The average molecular weight is 753 g/mol. The summed E-state index contributed by atoms with van der Waals surface area (Å²) in [5, 5.41) is 0. The Balaban J connectivity index is -0.000000594. The number of hydrogen-bond acceptors (Lipinski definition) is 12. The maximum atomic E-state index is 5.30. The number of nitrogens with zero attached hydrogens (tertiary/aromatic N) is 2. The fourth-order valence-corrected chi connectivity index (χ4v) is 3.39. The zero-order valence-corrected chi connectivity index (χ0v) is 34.2. The van der Waals surface area contributed by atoms with Crippen molar-refractivity contribution in [3.63, 3.8) is 0 Å². The Bertz CT molecular complexity index is 942. The minimum atomic E-state index is -0.0971. The van der Waals surface area contributed by atoms with Gasteiger partial charge in [0.05, 0.1) is 78.4 Å². The number of methoxy groups -OCH3 is 6. The summed E-state index contributed by atoms with van der Waals surface area (Å²) in [5.41, 5.74) is 3.09. The van der Waals surface area contributed by atoms with Gasteiger partial charge in [-0.25, -0.2) is 0 Å². The van der Waals surface area contributed by atoms with Crippen molar-refractivity contribution in [2.45, 2.75) is 65.3 Å². The van der Waals surface area contributed by atoms with Crippen molar-refractivity contribution in [3.05, 3.63) is 72.3 Å². The van der Waals surface area contributed by atoms with Gasteiger partial charge in [-0.05, 0) is 50.5 Å². The number of rotatable bonds is 27. The Morgan fingerprint density at radius 3 is 1.64 bits per heavy atom. The van der Waals surface area contributed by atoms with Crippen LogP contribution in [0.25, 0.3) is 0 Å². The number of aromatic nitrogens is 2. The van der Waals surface area contributed by atoms with Crippen LogP contribution in [-0.4, -0.2) is 131 Å². The highest BCUT2D eigenvalue weighted by Crippen LogP contribution is 2.02. The molecule has 1 atom stereocenters. The molecule has 0 bridgehead atoms. The molecule has 0 aromatic carbocycles. The summed E-state index contributed by atoms with van der Waals surface area (Å²) in [6.45, 7) is 16.1. The smallest absolute Gasteiger partial charge is 0.115 e. The summed E-state index contributed by atoms with van der Waals surface area (Å²) < 4.78 is 49.8. The molecular formula is C41H72N2O10. The standard InChI is InChI=1S/2C9H13NO2.C9H20O2.C7H14O2.C7H12O2/c1-11-5-6-12-8-9-3-2-4-10-7-9;1-11-6-7-12-8-9-4-2-3-5-10-9;1-10-8-6-4-3-5-7-9-11-2;1-7(2)6-9-5-4-8-3;1-4-7(2)9-6-5-8-3/h2-4,7H,5-6,8H2,1H3;2-5H,6-8H2,1H3;3-9H2,1-2H3;1,4-6H2,2-3H3;1,7H,5-6H2,2-3H3. The zero-order valence-electron chi connectivity index (χ0n) is 34.2. The lowest BCUT2D eigenvalue weighted by molar-refractivity contribution is 0.0514. The van der Waals surface area contributed by atoms with Crippen molar-refractivity contribution < 1.29 is 47.4 Å². The van der Waals surface area contributed by atoms with Crippen molar-refractivity contribution in [2.75, 3.05) is 115 Å². The lowest BCUT2D eigenvalue weighted by Gasteiger charge is -2.04. The molecule has 53 heavy (non-hydrogen) atoms. The third-order valence-electron chi connectivity index (χ3n) is 6.20. The number of hydrogen-bond donors (Lipinski definition) is 0. The van der Waals surface area contributed by atoms with Gasteiger partial charge >= 0.3 is 0 Å². The Morgan fingerprint density at radius 2 is 1.17 bits per heavy atom. The van der Waals surface area contributed by atoms with Crippen LogP contribution in [0.5, 0.6) is 0 Å². The Morgan fingerprint density at radius 1 is 0.642 bits per heavy atom. The van der Waals surface area contributed by atoms with Crippen molar-refractivity contribution in [2.24, 2.45) is 0 Å². The summed E-state index contributed by atoms with van der Waals surface area (Å²) >= 11 is 0. The quantitative estimate of drug-likeness (QED) is 0.0555. The summed E-state index contributed by atoms with van der Waals surface area (Å²) in [6.07, 6.45) is 16.5. The minimum absolute atomic E-state index is 0.0971. The second-order valence-electron chi connectivity index (χ2n) is 11.2. The van der Waals surface area contributed by atoms with E-state index in [0.717, 1.165) is 30.0 Å². The van der Waals surface area contributed by atoms with Gasteiger partial charge < -0.3 is 47.4 Å². The SMILES string of the molecule is C#CC(C)OCCOC.C=C(C)COCCOC.COCCCCCCCOC.COCCOCc1ccccn1.COCCOCc1cccnc1. The molecule has 0 radical (unpaired) electrons. The predicted molar refractivity (Wildman–Crippen MR) is 212 cm³/mol. The molecule has 0 aliphatic rings. The molecule has 12 heteroatoms. The molecule has 0 aliphatic carbocycles. The summed E-state index contributed by atoms with van der Waals surface area (Å²) in [6, 6.07) is 9.66. The van der Waals surface area contributed by atoms with Gasteiger partial charge in [-0.3, -0.25) is 9.97 Å². The van der Waals surface area contributed by atoms with Gasteiger partial charge in [0.2, 0.25) is 0 Å². The highest BCUT2D eigenvalue weighted by Gasteiger charge is 1.94. The van der Waals surface area contributed by atoms with E-state index in [9.17, 15) is 0 Å². The molecular weight excluding hydrogens is 680 g/mol. The first-order valence-electron chi connectivity index (χ1n) is 18.0. The molecule has 0 spiro atoms. The van der Waals surface area contributed by atoms with Gasteiger partial charge in [0.25, 0.3) is 0 Å². The maximum absolute atomic E-state index is 5.30. The maximum Gasteiger partial charge on any atom is 0.115 e. The molecule has 0 saturated carbocycles. The fraction of sp³-hybridized carbons (Fsp3) is 0.659. The van der Waals surface area contributed by atoms with Crippen LogP contribution in [0.2, 0.25) is 0 Å². The molecule has 0 fully saturated rings. The summed E-state index contributed by atoms with van der Waals surface area (Å²) in [4.78, 5) is 8.08. The van der Waals surface area contributed by atoms with E-state index in [4.69, 9.17) is 53.8 Å². The van der Waals surface area contributed by atoms with Crippen LogP contribution in [-0.2, 0) is 60.6 Å². The van der Waals surface area contributed by atoms with E-state index in [0.29, 0.717) is 72.7 Å². The first-order valence-corrected chi connectivity index (χ1v) is 18.0. The van der Waals surface area contributed by atoms with E-state index in [-0.39, 0.29) is 6.10 Å². The predicted octanol–water partition coefficient (Wildman–Crippen LogP) is 6.62. The van der Waals surface area contributed by atoms with Crippen LogP contribution in [0.3, 0.4) is 0 Å². The molecule has 2 aromatic heterocycles. The highest BCUT2D eigenvalue weighted by molar-refractivity contribution is 5.06. The molecule has 0 saturated heterocycles. The van der Waals surface area contributed by atoms with Crippen LogP contribution in [0.1, 0.15) is 57.2 Å². The Labute approximate surface area is 322 Å². The Hall–Kier alpha value is -2.80. The highest BCUT2D eigenvalue weighted by atomic mass is 16.5. The first kappa shape index (κ1) is 54.5. The first-order chi connectivity index (χ1) is 25.9. The molecule has 0 N–H and O–H groups in total. The molecule has 12 nitrogen and oxygen atoms in total. The third-order valence-corrected chi connectivity index (χ3v) is 6.20. The van der Waals surface area contributed by atoms with Crippen molar-refractivity contribution in [1.29, 1.82) is 0 Å². The van der Waals surface area contributed by atoms with E-state index in [1.165, 1.54) is 32.1 Å². The Kier molecular flexibility index (Phi) is 50.6. The van der Waals surface area contributed by atoms with Crippen LogP contribution < -0.4 is 0 Å². The third kappa shape index (κ3) is 51.4. The van der Waals surface area contributed by atoms with Crippen molar-refractivity contribution in [3.8, 4) is 12.3 Å². The minimum Gasteiger partial charge on any atom is -0.385 e. The van der Waals surface area contributed by atoms with Crippen molar-refractivity contribution >= 4 is 0 Å². The zero-order chi connectivity index (χ0) is 39.9. The van der Waals surface area contributed by atoms with Crippen LogP contribution >= 0.6 is 0 Å². The topological polar surface area (TPSA) is 118 Å². The van der Waals surface area contributed by atoms with E-state index in [1.54, 1.807) is 61.2 Å². The number of pyridine rings is 2. The van der Waals surface area contributed by atoms with E-state index in [1.807, 2.05) is 44.2 Å². The second-order valence-corrected chi connectivity index (χ2v) is 11.2. The number of terminal acetylenes is 1. The van der Waals surface area contributed by atoms with E-state index in [2.05, 4.69) is 22.5 Å². The van der Waals surface area contributed by atoms with Gasteiger partial charge in [0.15, 0.2) is 0 Å². The molecule has 1 unspecified atom stereocenters. The normalized spacial score (nSPS) is 10.5. The second kappa shape index (κ2) is 49.2. The van der Waals surface area contributed by atoms with Crippen LogP contribution in [0, 0.1) is 12.3 Å². The fourth-order valence-electron chi connectivity index (χ4n) is 3.39. The van der Waals surface area contributed by atoms with Crippen LogP contribution in [0.4, 0.5) is 0 Å². The molecule has 2 aromatic rings. The lowest BCUT2D eigenvalue weighted by Crippen LogP contribution is -2.09. The molecule has 306 valence electrons.